The van der Waals surface area contributed by atoms with Gasteiger partial charge in [-0.05, 0) is 17.4 Å². The Morgan fingerprint density at radius 2 is 2.00 bits per heavy atom. The standard InChI is InChI=1S/C7H6N4S2/c1-2-4-6(5-3-1)8-7-9-10-11-13-12-7/h1-5H,(H,8,9,11). The second-order valence-electron chi connectivity index (χ2n) is 2.23. The molecule has 0 unspecified atom stereocenters. The molecule has 1 aromatic carbocycles. The van der Waals surface area contributed by atoms with E-state index in [1.807, 2.05) is 30.3 Å². The maximum Gasteiger partial charge on any atom is 0.201 e. The third kappa shape index (κ3) is 2.46. The topological polar surface area (TPSA) is 49.1 Å². The molecule has 0 amide bonds. The lowest BCUT2D eigenvalue weighted by atomic mass is 10.3. The first-order chi connectivity index (χ1) is 6.45. The molecule has 0 atom stereocenters. The van der Waals surface area contributed by atoms with Crippen LogP contribution in [0.5, 0.6) is 0 Å². The first-order valence-electron chi connectivity index (χ1n) is 3.59. The fraction of sp³-hybridized carbons (Fsp3) is 0. The second-order valence-corrected chi connectivity index (χ2v) is 4.04. The lowest BCUT2D eigenvalue weighted by Gasteiger charge is -2.06. The van der Waals surface area contributed by atoms with Gasteiger partial charge in [0.1, 0.15) is 0 Å². The van der Waals surface area contributed by atoms with Crippen molar-refractivity contribution >= 4 is 32.6 Å². The van der Waals surface area contributed by atoms with Gasteiger partial charge in [0, 0.05) is 16.5 Å². The van der Waals surface area contributed by atoms with Crippen LogP contribution >= 0.6 is 21.8 Å². The van der Waals surface area contributed by atoms with Gasteiger partial charge in [-0.15, -0.1) is 5.10 Å². The third-order valence-corrected chi connectivity index (χ3v) is 2.80. The summed E-state index contributed by atoms with van der Waals surface area (Å²) < 4.78 is 3.65. The summed E-state index contributed by atoms with van der Waals surface area (Å²) in [6.45, 7) is 0. The summed E-state index contributed by atoms with van der Waals surface area (Å²) in [6, 6.07) is 9.84. The molecule has 0 radical (unpaired) electrons. The van der Waals surface area contributed by atoms with E-state index in [-0.39, 0.29) is 0 Å². The minimum Gasteiger partial charge on any atom is -0.332 e. The van der Waals surface area contributed by atoms with Crippen molar-refractivity contribution < 1.29 is 0 Å². The van der Waals surface area contributed by atoms with E-state index in [1.165, 1.54) is 21.8 Å². The van der Waals surface area contributed by atoms with Gasteiger partial charge in [-0.3, -0.25) is 0 Å². The summed E-state index contributed by atoms with van der Waals surface area (Å²) in [4.78, 5) is 0. The van der Waals surface area contributed by atoms with E-state index in [0.29, 0.717) is 0 Å². The molecule has 13 heavy (non-hydrogen) atoms. The molecule has 0 aliphatic carbocycles. The van der Waals surface area contributed by atoms with Gasteiger partial charge < -0.3 is 5.32 Å². The molecule has 0 spiro atoms. The molecule has 0 saturated carbocycles. The highest BCUT2D eigenvalue weighted by atomic mass is 33.1. The third-order valence-electron chi connectivity index (χ3n) is 1.35. The molecule has 1 aliphatic heterocycles. The molecule has 66 valence electrons. The zero-order valence-electron chi connectivity index (χ0n) is 6.54. The quantitative estimate of drug-likeness (QED) is 0.572. The Hall–Kier alpha value is -1.01. The van der Waals surface area contributed by atoms with E-state index in [1.54, 1.807) is 0 Å². The van der Waals surface area contributed by atoms with Gasteiger partial charge in [0.25, 0.3) is 0 Å². The molecule has 6 heteroatoms. The van der Waals surface area contributed by atoms with Gasteiger partial charge >= 0.3 is 0 Å². The first kappa shape index (κ1) is 8.58. The van der Waals surface area contributed by atoms with Crippen LogP contribution in [0.1, 0.15) is 0 Å². The largest absolute Gasteiger partial charge is 0.332 e. The van der Waals surface area contributed by atoms with Gasteiger partial charge in [0.15, 0.2) is 0 Å². The molecule has 0 aromatic heterocycles. The van der Waals surface area contributed by atoms with Gasteiger partial charge in [-0.25, -0.2) is 0 Å². The highest BCUT2D eigenvalue weighted by Crippen LogP contribution is 2.28. The maximum absolute atomic E-state index is 3.83. The predicted octanol–water partition coefficient (Wildman–Crippen LogP) is 3.13. The van der Waals surface area contributed by atoms with Crippen molar-refractivity contribution in [1.82, 2.24) is 0 Å². The number of anilines is 1. The summed E-state index contributed by atoms with van der Waals surface area (Å²) >= 11 is 0. The Labute approximate surface area is 83.4 Å². The van der Waals surface area contributed by atoms with Crippen LogP contribution in [0.3, 0.4) is 0 Å². The van der Waals surface area contributed by atoms with Crippen LogP contribution in [0, 0.1) is 0 Å². The highest BCUT2D eigenvalue weighted by molar-refractivity contribution is 8.81. The SMILES string of the molecule is c1ccc(NC2=NN=NSS2)cc1. The number of rotatable bonds is 1. The number of benzene rings is 1. The van der Waals surface area contributed by atoms with Crippen molar-refractivity contribution in [2.24, 2.45) is 14.8 Å². The number of amidine groups is 1. The summed E-state index contributed by atoms with van der Waals surface area (Å²) in [7, 11) is 2.76. The first-order valence-corrected chi connectivity index (χ1v) is 5.69. The molecule has 4 nitrogen and oxygen atoms in total. The molecule has 1 N–H and O–H groups in total. The van der Waals surface area contributed by atoms with E-state index in [4.69, 9.17) is 0 Å². The minimum atomic E-state index is 0.756. The Morgan fingerprint density at radius 1 is 1.15 bits per heavy atom. The Balaban J connectivity index is 2.06. The highest BCUT2D eigenvalue weighted by Gasteiger charge is 2.04. The summed E-state index contributed by atoms with van der Waals surface area (Å²) in [5.41, 5.74) is 1.01. The van der Waals surface area contributed by atoms with Crippen LogP contribution in [0.4, 0.5) is 5.69 Å². The molecule has 0 fully saturated rings. The van der Waals surface area contributed by atoms with E-state index < -0.39 is 0 Å². The number of nitrogens with one attached hydrogen (secondary N) is 1. The fourth-order valence-corrected chi connectivity index (χ4v) is 1.86. The van der Waals surface area contributed by atoms with Gasteiger partial charge in [0.05, 0.1) is 11.0 Å². The predicted molar refractivity (Wildman–Crippen MR) is 57.5 cm³/mol. The van der Waals surface area contributed by atoms with Crippen molar-refractivity contribution in [3.63, 3.8) is 0 Å². The second kappa shape index (κ2) is 4.29. The Kier molecular flexibility index (Phi) is 2.83. The molecular weight excluding hydrogens is 204 g/mol. The van der Waals surface area contributed by atoms with Gasteiger partial charge in [-0.2, -0.15) is 0 Å². The van der Waals surface area contributed by atoms with Gasteiger partial charge in [-0.1, -0.05) is 22.7 Å². The van der Waals surface area contributed by atoms with E-state index in [9.17, 15) is 0 Å². The van der Waals surface area contributed by atoms with E-state index in [0.717, 1.165) is 10.9 Å². The average molecular weight is 210 g/mol. The number of hydrogen-bond donors (Lipinski definition) is 1. The van der Waals surface area contributed by atoms with Gasteiger partial charge in [0.2, 0.25) is 5.17 Å². The monoisotopic (exact) mass is 210 g/mol. The van der Waals surface area contributed by atoms with Crippen molar-refractivity contribution in [2.45, 2.75) is 0 Å². The molecule has 0 saturated heterocycles. The van der Waals surface area contributed by atoms with E-state index in [2.05, 4.69) is 20.2 Å². The summed E-state index contributed by atoms with van der Waals surface area (Å²) in [5, 5.41) is 11.3. The van der Waals surface area contributed by atoms with Crippen molar-refractivity contribution in [1.29, 1.82) is 0 Å². The summed E-state index contributed by atoms with van der Waals surface area (Å²) in [5.74, 6) is 0. The normalized spacial score (nSPS) is 15.2. The molecule has 1 aromatic rings. The molecule has 1 aliphatic rings. The Bertz CT molecular complexity index is 336. The van der Waals surface area contributed by atoms with Crippen LogP contribution in [0.25, 0.3) is 0 Å². The smallest absolute Gasteiger partial charge is 0.201 e. The summed E-state index contributed by atoms with van der Waals surface area (Å²) in [6.07, 6.45) is 0. The zero-order chi connectivity index (χ0) is 8.93. The average Bonchev–Trinajstić information content (AvgIpc) is 2.21. The molecule has 1 heterocycles. The van der Waals surface area contributed by atoms with Crippen LogP contribution in [-0.2, 0) is 0 Å². The lowest BCUT2D eigenvalue weighted by Crippen LogP contribution is -2.06. The molecule has 0 bridgehead atoms. The van der Waals surface area contributed by atoms with Crippen LogP contribution in [-0.4, -0.2) is 5.17 Å². The Morgan fingerprint density at radius 3 is 2.69 bits per heavy atom. The number of hydrogen-bond acceptors (Lipinski definition) is 6. The number of nitrogens with zero attached hydrogens (tertiary/aromatic N) is 3. The van der Waals surface area contributed by atoms with Crippen molar-refractivity contribution in [2.75, 3.05) is 5.32 Å². The molecule has 2 rings (SSSR count). The van der Waals surface area contributed by atoms with Crippen molar-refractivity contribution in [3.8, 4) is 0 Å². The van der Waals surface area contributed by atoms with Crippen LogP contribution in [0.15, 0.2) is 45.2 Å². The van der Waals surface area contributed by atoms with Crippen molar-refractivity contribution in [3.05, 3.63) is 30.3 Å². The number of para-hydroxylation sites is 1. The minimum absolute atomic E-state index is 0.756. The van der Waals surface area contributed by atoms with E-state index >= 15 is 0 Å². The lowest BCUT2D eigenvalue weighted by molar-refractivity contribution is 1.12. The van der Waals surface area contributed by atoms with Crippen LogP contribution < -0.4 is 5.32 Å². The zero-order valence-corrected chi connectivity index (χ0v) is 8.18. The van der Waals surface area contributed by atoms with Crippen LogP contribution in [0.2, 0.25) is 0 Å². The molecular formula is C7H6N4S2. The maximum atomic E-state index is 3.83. The fourth-order valence-electron chi connectivity index (χ4n) is 0.833.